The first-order valence-electron chi connectivity index (χ1n) is 7.48. The van der Waals surface area contributed by atoms with Gasteiger partial charge in [0, 0.05) is 25.2 Å². The van der Waals surface area contributed by atoms with Crippen molar-refractivity contribution in [1.82, 2.24) is 14.9 Å². The average Bonchev–Trinajstić information content (AvgIpc) is 2.46. The molecule has 0 saturated carbocycles. The highest BCUT2D eigenvalue weighted by Crippen LogP contribution is 2.18. The standard InChI is InChI=1S/C15H24N4O/c1-4-12(3)18-14-8-13(16-10-17-14)15(20)19-7-5-6-11(2)9-19/h8,10-12H,4-7,9H2,1-3H3,(H,16,17,18). The van der Waals surface area contributed by atoms with Gasteiger partial charge in [0.15, 0.2) is 0 Å². The number of anilines is 1. The fourth-order valence-electron chi connectivity index (χ4n) is 2.44. The first-order valence-corrected chi connectivity index (χ1v) is 7.48. The van der Waals surface area contributed by atoms with E-state index in [4.69, 9.17) is 0 Å². The molecule has 0 aromatic carbocycles. The molecule has 0 spiro atoms. The number of rotatable bonds is 4. The van der Waals surface area contributed by atoms with Gasteiger partial charge >= 0.3 is 0 Å². The molecule has 0 radical (unpaired) electrons. The monoisotopic (exact) mass is 276 g/mol. The van der Waals surface area contributed by atoms with E-state index in [-0.39, 0.29) is 5.91 Å². The molecule has 0 bridgehead atoms. The van der Waals surface area contributed by atoms with Crippen molar-refractivity contribution in [3.05, 3.63) is 18.1 Å². The molecule has 2 heterocycles. The molecule has 2 unspecified atom stereocenters. The van der Waals surface area contributed by atoms with Gasteiger partial charge < -0.3 is 10.2 Å². The van der Waals surface area contributed by atoms with E-state index < -0.39 is 0 Å². The van der Waals surface area contributed by atoms with Gasteiger partial charge in [0.05, 0.1) is 0 Å². The zero-order valence-corrected chi connectivity index (χ0v) is 12.6. The van der Waals surface area contributed by atoms with Gasteiger partial charge in [-0.1, -0.05) is 13.8 Å². The van der Waals surface area contributed by atoms with E-state index in [1.165, 1.54) is 12.7 Å². The lowest BCUT2D eigenvalue weighted by atomic mass is 10.00. The molecule has 5 heteroatoms. The van der Waals surface area contributed by atoms with Gasteiger partial charge in [-0.2, -0.15) is 0 Å². The normalized spacial score (nSPS) is 20.6. The quantitative estimate of drug-likeness (QED) is 0.918. The topological polar surface area (TPSA) is 58.1 Å². The molecular weight excluding hydrogens is 252 g/mol. The Morgan fingerprint density at radius 3 is 3.05 bits per heavy atom. The SMILES string of the molecule is CCC(C)Nc1cc(C(=O)N2CCCC(C)C2)ncn1. The van der Waals surface area contributed by atoms with Gasteiger partial charge in [0.2, 0.25) is 0 Å². The largest absolute Gasteiger partial charge is 0.368 e. The molecular formula is C15H24N4O. The molecule has 110 valence electrons. The highest BCUT2D eigenvalue weighted by molar-refractivity contribution is 5.93. The summed E-state index contributed by atoms with van der Waals surface area (Å²) >= 11 is 0. The van der Waals surface area contributed by atoms with Crippen molar-refractivity contribution < 1.29 is 4.79 Å². The molecule has 1 fully saturated rings. The highest BCUT2D eigenvalue weighted by Gasteiger charge is 2.23. The Hall–Kier alpha value is -1.65. The summed E-state index contributed by atoms with van der Waals surface area (Å²) in [6.45, 7) is 8.06. The number of piperidine rings is 1. The maximum atomic E-state index is 12.5. The number of likely N-dealkylation sites (tertiary alicyclic amines) is 1. The second-order valence-electron chi connectivity index (χ2n) is 5.74. The van der Waals surface area contributed by atoms with E-state index in [2.05, 4.69) is 36.1 Å². The maximum Gasteiger partial charge on any atom is 0.272 e. The van der Waals surface area contributed by atoms with Crippen molar-refractivity contribution in [3.8, 4) is 0 Å². The first kappa shape index (κ1) is 14.8. The van der Waals surface area contributed by atoms with Crippen LogP contribution in [0.5, 0.6) is 0 Å². The van der Waals surface area contributed by atoms with Crippen LogP contribution in [-0.2, 0) is 0 Å². The van der Waals surface area contributed by atoms with Crippen molar-refractivity contribution in [2.24, 2.45) is 5.92 Å². The van der Waals surface area contributed by atoms with Crippen LogP contribution in [-0.4, -0.2) is 39.9 Å². The summed E-state index contributed by atoms with van der Waals surface area (Å²) in [4.78, 5) is 22.7. The Labute approximate surface area is 120 Å². The summed E-state index contributed by atoms with van der Waals surface area (Å²) in [5.41, 5.74) is 0.486. The summed E-state index contributed by atoms with van der Waals surface area (Å²) in [6.07, 6.45) is 4.76. The molecule has 1 aromatic heterocycles. The predicted octanol–water partition coefficient (Wildman–Crippen LogP) is 2.56. The van der Waals surface area contributed by atoms with Gasteiger partial charge in [-0.15, -0.1) is 0 Å². The molecule has 2 atom stereocenters. The number of amides is 1. The van der Waals surface area contributed by atoms with Crippen LogP contribution in [0.25, 0.3) is 0 Å². The van der Waals surface area contributed by atoms with Gasteiger partial charge in [-0.3, -0.25) is 4.79 Å². The van der Waals surface area contributed by atoms with Crippen molar-refractivity contribution in [3.63, 3.8) is 0 Å². The molecule has 5 nitrogen and oxygen atoms in total. The lowest BCUT2D eigenvalue weighted by Crippen LogP contribution is -2.39. The lowest BCUT2D eigenvalue weighted by molar-refractivity contribution is 0.0677. The predicted molar refractivity (Wildman–Crippen MR) is 79.7 cm³/mol. The van der Waals surface area contributed by atoms with Crippen molar-refractivity contribution >= 4 is 11.7 Å². The number of carbonyl (C=O) groups is 1. The van der Waals surface area contributed by atoms with Crippen LogP contribution in [0.1, 0.15) is 50.5 Å². The fraction of sp³-hybridized carbons (Fsp3) is 0.667. The molecule has 1 N–H and O–H groups in total. The average molecular weight is 276 g/mol. The summed E-state index contributed by atoms with van der Waals surface area (Å²) in [5, 5.41) is 3.28. The number of nitrogens with zero attached hydrogens (tertiary/aromatic N) is 3. The summed E-state index contributed by atoms with van der Waals surface area (Å²) in [7, 11) is 0. The van der Waals surface area contributed by atoms with Gasteiger partial charge in [-0.25, -0.2) is 9.97 Å². The van der Waals surface area contributed by atoms with Crippen molar-refractivity contribution in [1.29, 1.82) is 0 Å². The summed E-state index contributed by atoms with van der Waals surface area (Å²) in [6, 6.07) is 2.09. The molecule has 1 aliphatic rings. The molecule has 20 heavy (non-hydrogen) atoms. The van der Waals surface area contributed by atoms with E-state index in [0.717, 1.165) is 31.7 Å². The second kappa shape index (κ2) is 6.68. The van der Waals surface area contributed by atoms with Crippen LogP contribution in [0.3, 0.4) is 0 Å². The summed E-state index contributed by atoms with van der Waals surface area (Å²) in [5.74, 6) is 1.32. The number of carbonyl (C=O) groups excluding carboxylic acids is 1. The van der Waals surface area contributed by atoms with E-state index in [0.29, 0.717) is 17.7 Å². The number of aromatic nitrogens is 2. The highest BCUT2D eigenvalue weighted by atomic mass is 16.2. The third kappa shape index (κ3) is 3.68. The molecule has 1 aromatic rings. The van der Waals surface area contributed by atoms with Crippen LogP contribution < -0.4 is 5.32 Å². The molecule has 1 amide bonds. The van der Waals surface area contributed by atoms with Crippen LogP contribution in [0, 0.1) is 5.92 Å². The van der Waals surface area contributed by atoms with E-state index in [9.17, 15) is 4.79 Å². The zero-order chi connectivity index (χ0) is 14.5. The fourth-order valence-corrected chi connectivity index (χ4v) is 2.44. The van der Waals surface area contributed by atoms with Crippen LogP contribution in [0.15, 0.2) is 12.4 Å². The third-order valence-electron chi connectivity index (χ3n) is 3.84. The van der Waals surface area contributed by atoms with Gasteiger partial charge in [-0.05, 0) is 32.1 Å². The van der Waals surface area contributed by atoms with Crippen LogP contribution >= 0.6 is 0 Å². The van der Waals surface area contributed by atoms with Crippen LogP contribution in [0.4, 0.5) is 5.82 Å². The van der Waals surface area contributed by atoms with E-state index >= 15 is 0 Å². The Morgan fingerprint density at radius 1 is 1.55 bits per heavy atom. The Morgan fingerprint density at radius 2 is 2.35 bits per heavy atom. The molecule has 1 aliphatic heterocycles. The van der Waals surface area contributed by atoms with E-state index in [1.807, 2.05) is 4.90 Å². The molecule has 1 saturated heterocycles. The van der Waals surface area contributed by atoms with Crippen molar-refractivity contribution in [2.45, 2.75) is 46.1 Å². The lowest BCUT2D eigenvalue weighted by Gasteiger charge is -2.30. The number of nitrogens with one attached hydrogen (secondary N) is 1. The van der Waals surface area contributed by atoms with Crippen LogP contribution in [0.2, 0.25) is 0 Å². The number of hydrogen-bond donors (Lipinski definition) is 1. The van der Waals surface area contributed by atoms with Crippen molar-refractivity contribution in [2.75, 3.05) is 18.4 Å². The van der Waals surface area contributed by atoms with Gasteiger partial charge in [0.25, 0.3) is 5.91 Å². The molecule has 2 rings (SSSR count). The smallest absolute Gasteiger partial charge is 0.272 e. The Bertz CT molecular complexity index is 463. The minimum absolute atomic E-state index is 0.0196. The summed E-state index contributed by atoms with van der Waals surface area (Å²) < 4.78 is 0. The maximum absolute atomic E-state index is 12.5. The minimum atomic E-state index is 0.0196. The van der Waals surface area contributed by atoms with Gasteiger partial charge in [0.1, 0.15) is 17.8 Å². The Kier molecular flexibility index (Phi) is 4.93. The number of hydrogen-bond acceptors (Lipinski definition) is 4. The Balaban J connectivity index is 2.07. The second-order valence-corrected chi connectivity index (χ2v) is 5.74. The first-order chi connectivity index (χ1) is 9.60. The van der Waals surface area contributed by atoms with E-state index in [1.54, 1.807) is 6.07 Å². The zero-order valence-electron chi connectivity index (χ0n) is 12.6. The molecule has 0 aliphatic carbocycles. The third-order valence-corrected chi connectivity index (χ3v) is 3.84. The minimum Gasteiger partial charge on any atom is -0.368 e.